The highest BCUT2D eigenvalue weighted by Gasteiger charge is 2.27. The number of nitrogen functional groups attached to an aromatic ring is 1. The number of likely N-dealkylation sites (tertiary alicyclic amines) is 1. The molecular formula is C20H23ClN4O2. The van der Waals surface area contributed by atoms with Gasteiger partial charge >= 0.3 is 0 Å². The Hall–Kier alpha value is -2.60. The first-order valence-corrected chi connectivity index (χ1v) is 9.11. The second kappa shape index (κ2) is 7.96. The van der Waals surface area contributed by atoms with Gasteiger partial charge in [0.1, 0.15) is 11.4 Å². The number of rotatable bonds is 2. The van der Waals surface area contributed by atoms with E-state index in [1.807, 2.05) is 18.2 Å². The highest BCUT2D eigenvalue weighted by molar-refractivity contribution is 6.06. The lowest BCUT2D eigenvalue weighted by Crippen LogP contribution is -2.36. The molecule has 2 aliphatic heterocycles. The van der Waals surface area contributed by atoms with Gasteiger partial charge < -0.3 is 15.5 Å². The van der Waals surface area contributed by atoms with Crippen molar-refractivity contribution in [1.82, 2.24) is 9.88 Å². The molecule has 142 valence electrons. The zero-order valence-electron chi connectivity index (χ0n) is 15.1. The van der Waals surface area contributed by atoms with E-state index in [-0.39, 0.29) is 24.2 Å². The van der Waals surface area contributed by atoms with Gasteiger partial charge in [0.05, 0.1) is 0 Å². The Balaban J connectivity index is 0.00000210. The van der Waals surface area contributed by atoms with Gasteiger partial charge in [0, 0.05) is 31.0 Å². The summed E-state index contributed by atoms with van der Waals surface area (Å²) in [5, 5.41) is 0. The third kappa shape index (κ3) is 3.62. The van der Waals surface area contributed by atoms with Crippen LogP contribution in [0, 0.1) is 0 Å². The Morgan fingerprint density at radius 3 is 2.30 bits per heavy atom. The quantitative estimate of drug-likeness (QED) is 0.805. The van der Waals surface area contributed by atoms with Crippen molar-refractivity contribution >= 4 is 35.6 Å². The van der Waals surface area contributed by atoms with Gasteiger partial charge in [0.15, 0.2) is 0 Å². The van der Waals surface area contributed by atoms with Crippen LogP contribution in [0.5, 0.6) is 0 Å². The fourth-order valence-corrected chi connectivity index (χ4v) is 3.76. The number of halogens is 1. The molecule has 0 spiro atoms. The van der Waals surface area contributed by atoms with Gasteiger partial charge in [-0.15, -0.1) is 12.4 Å². The highest BCUT2D eigenvalue weighted by Crippen LogP contribution is 2.32. The van der Waals surface area contributed by atoms with Crippen molar-refractivity contribution in [2.24, 2.45) is 0 Å². The number of hydrogen-bond donors (Lipinski definition) is 1. The third-order valence-corrected chi connectivity index (χ3v) is 5.11. The Kier molecular flexibility index (Phi) is 5.65. The summed E-state index contributed by atoms with van der Waals surface area (Å²) in [5.74, 6) is -0.284. The lowest BCUT2D eigenvalue weighted by Gasteiger charge is -2.30. The Bertz CT molecular complexity index is 865. The molecule has 2 aromatic rings. The smallest absolute Gasteiger partial charge is 0.276 e. The average molecular weight is 387 g/mol. The summed E-state index contributed by atoms with van der Waals surface area (Å²) in [7, 11) is 0. The molecule has 7 heteroatoms. The van der Waals surface area contributed by atoms with E-state index < -0.39 is 0 Å². The van der Waals surface area contributed by atoms with Crippen molar-refractivity contribution in [3.8, 4) is 0 Å². The van der Waals surface area contributed by atoms with E-state index in [2.05, 4.69) is 4.98 Å². The summed E-state index contributed by atoms with van der Waals surface area (Å²) in [6.45, 7) is 2.15. The normalized spacial score (nSPS) is 15.9. The molecule has 0 bridgehead atoms. The molecule has 3 heterocycles. The van der Waals surface area contributed by atoms with Gasteiger partial charge in [0.25, 0.3) is 11.8 Å². The van der Waals surface area contributed by atoms with Crippen molar-refractivity contribution in [2.75, 3.05) is 30.3 Å². The number of amides is 2. The number of nitrogens with two attached hydrogens (primary N) is 1. The molecule has 0 atom stereocenters. The van der Waals surface area contributed by atoms with Crippen LogP contribution in [0.25, 0.3) is 0 Å². The Morgan fingerprint density at radius 2 is 1.56 bits per heavy atom. The number of fused-ring (bicyclic) bond motifs is 1. The molecule has 0 radical (unpaired) electrons. The first kappa shape index (κ1) is 19.2. The fourth-order valence-electron chi connectivity index (χ4n) is 3.76. The van der Waals surface area contributed by atoms with Crippen LogP contribution >= 0.6 is 12.4 Å². The summed E-state index contributed by atoms with van der Waals surface area (Å²) in [5.41, 5.74) is 9.28. The minimum absolute atomic E-state index is 0. The van der Waals surface area contributed by atoms with Crippen LogP contribution in [-0.2, 0) is 6.42 Å². The molecule has 4 rings (SSSR count). The molecular weight excluding hydrogens is 364 g/mol. The second-order valence-electron chi connectivity index (χ2n) is 6.81. The Morgan fingerprint density at radius 1 is 0.889 bits per heavy atom. The molecule has 1 aromatic heterocycles. The summed E-state index contributed by atoms with van der Waals surface area (Å²) in [6.07, 6.45) is 3.78. The predicted molar refractivity (Wildman–Crippen MR) is 107 cm³/mol. The first-order valence-electron chi connectivity index (χ1n) is 9.11. The number of nitrogens with zero attached hydrogens (tertiary/aromatic N) is 3. The lowest BCUT2D eigenvalue weighted by molar-refractivity contribution is 0.0787. The van der Waals surface area contributed by atoms with Crippen LogP contribution in [0.15, 0.2) is 36.4 Å². The summed E-state index contributed by atoms with van der Waals surface area (Å²) >= 11 is 0. The molecule has 1 fully saturated rings. The van der Waals surface area contributed by atoms with Gasteiger partial charge in [-0.05, 0) is 55.5 Å². The molecule has 0 saturated carbocycles. The summed E-state index contributed by atoms with van der Waals surface area (Å²) < 4.78 is 0. The van der Waals surface area contributed by atoms with E-state index in [9.17, 15) is 9.59 Å². The van der Waals surface area contributed by atoms with Gasteiger partial charge in [0.2, 0.25) is 0 Å². The van der Waals surface area contributed by atoms with Crippen LogP contribution in [0.3, 0.4) is 0 Å². The van der Waals surface area contributed by atoms with Gasteiger partial charge in [-0.25, -0.2) is 4.98 Å². The van der Waals surface area contributed by atoms with E-state index in [4.69, 9.17) is 5.73 Å². The summed E-state index contributed by atoms with van der Waals surface area (Å²) in [4.78, 5) is 33.5. The monoisotopic (exact) mass is 386 g/mol. The zero-order valence-corrected chi connectivity index (χ0v) is 15.9. The fraction of sp³-hybridized carbons (Fsp3) is 0.350. The van der Waals surface area contributed by atoms with Gasteiger partial charge in [-0.2, -0.15) is 0 Å². The number of anilines is 2. The molecule has 2 N–H and O–H groups in total. The number of pyridine rings is 1. The number of aromatic nitrogens is 1. The Labute approximate surface area is 164 Å². The van der Waals surface area contributed by atoms with Crippen LogP contribution in [0.4, 0.5) is 11.4 Å². The van der Waals surface area contributed by atoms with Crippen molar-refractivity contribution in [3.05, 3.63) is 53.3 Å². The van der Waals surface area contributed by atoms with Crippen molar-refractivity contribution in [3.63, 3.8) is 0 Å². The van der Waals surface area contributed by atoms with E-state index in [1.165, 1.54) is 0 Å². The van der Waals surface area contributed by atoms with Crippen molar-refractivity contribution in [2.45, 2.75) is 25.7 Å². The maximum absolute atomic E-state index is 13.1. The number of benzene rings is 1. The summed E-state index contributed by atoms with van der Waals surface area (Å²) in [6, 6.07) is 10.7. The first-order chi connectivity index (χ1) is 12.6. The zero-order chi connectivity index (χ0) is 18.1. The van der Waals surface area contributed by atoms with Gasteiger partial charge in [-0.3, -0.25) is 9.59 Å². The second-order valence-corrected chi connectivity index (χ2v) is 6.81. The number of carbonyl (C=O) groups excluding carboxylic acids is 2. The molecule has 27 heavy (non-hydrogen) atoms. The van der Waals surface area contributed by atoms with E-state index in [0.29, 0.717) is 23.6 Å². The van der Waals surface area contributed by atoms with Crippen molar-refractivity contribution in [1.29, 1.82) is 0 Å². The predicted octanol–water partition coefficient (Wildman–Crippen LogP) is 2.91. The minimum Gasteiger partial charge on any atom is -0.398 e. The maximum Gasteiger partial charge on any atom is 0.276 e. The van der Waals surface area contributed by atoms with E-state index in [0.717, 1.165) is 50.0 Å². The molecule has 6 nitrogen and oxygen atoms in total. The number of hydrogen-bond acceptors (Lipinski definition) is 4. The van der Waals surface area contributed by atoms with Gasteiger partial charge in [-0.1, -0.05) is 12.1 Å². The molecule has 2 amide bonds. The molecule has 0 unspecified atom stereocenters. The number of carbonyl (C=O) groups is 2. The molecule has 2 aliphatic rings. The largest absolute Gasteiger partial charge is 0.398 e. The highest BCUT2D eigenvalue weighted by atomic mass is 35.5. The van der Waals surface area contributed by atoms with Crippen molar-refractivity contribution < 1.29 is 9.59 Å². The average Bonchev–Trinajstić information content (AvgIpc) is 3.22. The third-order valence-electron chi connectivity index (χ3n) is 5.11. The molecule has 1 saturated heterocycles. The van der Waals surface area contributed by atoms with E-state index in [1.54, 1.807) is 28.0 Å². The van der Waals surface area contributed by atoms with Crippen LogP contribution in [-0.4, -0.2) is 41.3 Å². The standard InChI is InChI=1S/C20H22N4O2.ClH/c21-15-7-3-10-18-14(15)6-5-13-24(18)20(26)17-9-4-8-16(22-17)19(25)23-11-1-2-12-23;/h3-4,7-10H,1-2,5-6,11-13,21H2;1H. The SMILES string of the molecule is Cl.Nc1cccc2c1CCCN2C(=O)c1cccc(C(=O)N2CCCC2)n1. The lowest BCUT2D eigenvalue weighted by atomic mass is 9.99. The van der Waals surface area contributed by atoms with Crippen LogP contribution in [0.2, 0.25) is 0 Å². The maximum atomic E-state index is 13.1. The molecule has 1 aromatic carbocycles. The van der Waals surface area contributed by atoms with Crippen LogP contribution in [0.1, 0.15) is 45.8 Å². The van der Waals surface area contributed by atoms with E-state index >= 15 is 0 Å². The minimum atomic E-state index is -0.187. The van der Waals surface area contributed by atoms with Crippen LogP contribution < -0.4 is 10.6 Å². The topological polar surface area (TPSA) is 79.5 Å². The molecule has 0 aliphatic carbocycles.